The third-order valence-electron chi connectivity index (χ3n) is 4.42. The number of benzene rings is 2. The lowest BCUT2D eigenvalue weighted by molar-refractivity contribution is 0.0189. The maximum absolute atomic E-state index is 5.80. The van der Waals surface area contributed by atoms with Crippen LogP contribution in [0.15, 0.2) is 54.6 Å². The van der Waals surface area contributed by atoms with Gasteiger partial charge in [0.1, 0.15) is 0 Å². The van der Waals surface area contributed by atoms with Gasteiger partial charge in [-0.15, -0.1) is 0 Å². The quantitative estimate of drug-likeness (QED) is 0.738. The fraction of sp³-hybridized carbons (Fsp3) is 0.300. The molecule has 3 heteroatoms. The molecule has 0 bridgehead atoms. The SMILES string of the molecule is COC[C@H](OC)[C@@H](c1ccccc1)c1c(C)[nH]c2ccccc12. The standard InChI is InChI=1S/C20H23NO2/c1-14-19(16-11-7-8-12-17(16)21-14)20(18(23-3)13-22-2)15-9-5-4-6-10-15/h4-12,18,20-21H,13H2,1-3H3/t18-,20+/m0/s1. The van der Waals surface area contributed by atoms with E-state index in [0.717, 1.165) is 5.52 Å². The second-order valence-corrected chi connectivity index (χ2v) is 5.83. The van der Waals surface area contributed by atoms with Gasteiger partial charge in [0.2, 0.25) is 0 Å². The van der Waals surface area contributed by atoms with Gasteiger partial charge < -0.3 is 14.5 Å². The van der Waals surface area contributed by atoms with Gasteiger partial charge in [-0.2, -0.15) is 0 Å². The van der Waals surface area contributed by atoms with Crippen molar-refractivity contribution in [3.05, 3.63) is 71.4 Å². The molecule has 1 N–H and O–H groups in total. The van der Waals surface area contributed by atoms with E-state index in [1.54, 1.807) is 14.2 Å². The number of rotatable bonds is 6. The van der Waals surface area contributed by atoms with E-state index >= 15 is 0 Å². The van der Waals surface area contributed by atoms with Crippen molar-refractivity contribution >= 4 is 10.9 Å². The first-order chi connectivity index (χ1) is 11.3. The van der Waals surface area contributed by atoms with Gasteiger partial charge in [0, 0.05) is 36.7 Å². The number of nitrogens with one attached hydrogen (secondary N) is 1. The van der Waals surface area contributed by atoms with Crippen LogP contribution in [0.4, 0.5) is 0 Å². The molecule has 0 aliphatic rings. The predicted octanol–water partition coefficient (Wildman–Crippen LogP) is 4.27. The van der Waals surface area contributed by atoms with Crippen molar-refractivity contribution in [2.75, 3.05) is 20.8 Å². The van der Waals surface area contributed by atoms with Gasteiger partial charge in [-0.25, -0.2) is 0 Å². The molecule has 0 radical (unpaired) electrons. The van der Waals surface area contributed by atoms with Gasteiger partial charge in [0.05, 0.1) is 12.7 Å². The highest BCUT2D eigenvalue weighted by atomic mass is 16.5. The van der Waals surface area contributed by atoms with Crippen LogP contribution in [-0.4, -0.2) is 31.9 Å². The Hall–Kier alpha value is -2.10. The highest BCUT2D eigenvalue weighted by Gasteiger charge is 2.28. The summed E-state index contributed by atoms with van der Waals surface area (Å²) >= 11 is 0. The van der Waals surface area contributed by atoms with Gasteiger partial charge >= 0.3 is 0 Å². The summed E-state index contributed by atoms with van der Waals surface area (Å²) in [6.45, 7) is 2.68. The van der Waals surface area contributed by atoms with Crippen molar-refractivity contribution in [3.8, 4) is 0 Å². The number of methoxy groups -OCH3 is 2. The molecule has 3 nitrogen and oxygen atoms in total. The molecule has 1 aromatic heterocycles. The van der Waals surface area contributed by atoms with Crippen LogP contribution < -0.4 is 0 Å². The molecule has 2 aromatic carbocycles. The number of aromatic nitrogens is 1. The lowest BCUT2D eigenvalue weighted by Crippen LogP contribution is -2.27. The molecular weight excluding hydrogens is 286 g/mol. The van der Waals surface area contributed by atoms with Crippen molar-refractivity contribution in [1.29, 1.82) is 0 Å². The summed E-state index contributed by atoms with van der Waals surface area (Å²) in [5.41, 5.74) is 4.87. The first-order valence-electron chi connectivity index (χ1n) is 7.90. The molecule has 0 fully saturated rings. The molecule has 3 aromatic rings. The number of H-pyrrole nitrogens is 1. The van der Waals surface area contributed by atoms with Crippen LogP contribution in [-0.2, 0) is 9.47 Å². The summed E-state index contributed by atoms with van der Waals surface area (Å²) in [6, 6.07) is 18.9. The summed E-state index contributed by atoms with van der Waals surface area (Å²) in [5.74, 6) is 0.123. The zero-order chi connectivity index (χ0) is 16.2. The fourth-order valence-electron chi connectivity index (χ4n) is 3.39. The number of hydrogen-bond acceptors (Lipinski definition) is 2. The molecule has 0 saturated carbocycles. The first-order valence-corrected chi connectivity index (χ1v) is 7.90. The minimum atomic E-state index is -0.0414. The number of fused-ring (bicyclic) bond motifs is 1. The van der Waals surface area contributed by atoms with Gasteiger partial charge in [-0.05, 0) is 24.1 Å². The van der Waals surface area contributed by atoms with Crippen LogP contribution in [0.5, 0.6) is 0 Å². The van der Waals surface area contributed by atoms with Crippen molar-refractivity contribution < 1.29 is 9.47 Å². The Morgan fingerprint density at radius 1 is 0.957 bits per heavy atom. The van der Waals surface area contributed by atoms with Gasteiger partial charge in [-0.1, -0.05) is 48.5 Å². The predicted molar refractivity (Wildman–Crippen MR) is 94.0 cm³/mol. The maximum Gasteiger partial charge on any atom is 0.0914 e. The molecule has 3 rings (SSSR count). The Bertz CT molecular complexity index is 764. The minimum absolute atomic E-state index is 0.0414. The molecule has 0 spiro atoms. The largest absolute Gasteiger partial charge is 0.382 e. The number of ether oxygens (including phenoxy) is 2. The average Bonchev–Trinajstić information content (AvgIpc) is 2.91. The van der Waals surface area contributed by atoms with Crippen LogP contribution in [0.1, 0.15) is 22.7 Å². The Morgan fingerprint density at radius 2 is 1.65 bits per heavy atom. The average molecular weight is 309 g/mol. The van der Waals surface area contributed by atoms with Crippen LogP contribution in [0.25, 0.3) is 10.9 Å². The Morgan fingerprint density at radius 3 is 2.35 bits per heavy atom. The highest BCUT2D eigenvalue weighted by Crippen LogP contribution is 2.36. The lowest BCUT2D eigenvalue weighted by Gasteiger charge is -2.27. The monoisotopic (exact) mass is 309 g/mol. The van der Waals surface area contributed by atoms with Crippen LogP contribution >= 0.6 is 0 Å². The van der Waals surface area contributed by atoms with Crippen LogP contribution in [0.2, 0.25) is 0 Å². The maximum atomic E-state index is 5.80. The van der Waals surface area contributed by atoms with Crippen molar-refractivity contribution in [2.24, 2.45) is 0 Å². The number of para-hydroxylation sites is 1. The molecule has 0 amide bonds. The topological polar surface area (TPSA) is 34.2 Å². The van der Waals surface area contributed by atoms with Gasteiger partial charge in [0.25, 0.3) is 0 Å². The molecule has 120 valence electrons. The minimum Gasteiger partial charge on any atom is -0.382 e. The van der Waals surface area contributed by atoms with Crippen molar-refractivity contribution in [2.45, 2.75) is 18.9 Å². The van der Waals surface area contributed by atoms with E-state index in [2.05, 4.69) is 60.4 Å². The molecule has 0 aliphatic carbocycles. The van der Waals surface area contributed by atoms with Crippen molar-refractivity contribution in [1.82, 2.24) is 4.98 Å². The third kappa shape index (κ3) is 3.03. The summed E-state index contributed by atoms with van der Waals surface area (Å²) < 4.78 is 11.2. The molecule has 0 aliphatic heterocycles. The summed E-state index contributed by atoms with van der Waals surface area (Å²) in [6.07, 6.45) is -0.0414. The second kappa shape index (κ2) is 6.99. The van der Waals surface area contributed by atoms with E-state index < -0.39 is 0 Å². The molecule has 23 heavy (non-hydrogen) atoms. The number of aryl methyl sites for hydroxylation is 1. The molecular formula is C20H23NO2. The number of hydrogen-bond donors (Lipinski definition) is 1. The summed E-state index contributed by atoms with van der Waals surface area (Å²) in [7, 11) is 3.47. The summed E-state index contributed by atoms with van der Waals surface area (Å²) in [4.78, 5) is 3.50. The van der Waals surface area contributed by atoms with Crippen molar-refractivity contribution in [3.63, 3.8) is 0 Å². The Labute approximate surface area is 137 Å². The zero-order valence-corrected chi connectivity index (χ0v) is 13.9. The third-order valence-corrected chi connectivity index (χ3v) is 4.42. The zero-order valence-electron chi connectivity index (χ0n) is 13.9. The lowest BCUT2D eigenvalue weighted by atomic mass is 9.85. The Balaban J connectivity index is 2.19. The van der Waals surface area contributed by atoms with E-state index in [-0.39, 0.29) is 12.0 Å². The fourth-order valence-corrected chi connectivity index (χ4v) is 3.39. The van der Waals surface area contributed by atoms with E-state index in [1.165, 1.54) is 22.2 Å². The molecule has 0 saturated heterocycles. The number of aromatic amines is 1. The summed E-state index contributed by atoms with van der Waals surface area (Å²) in [5, 5.41) is 1.25. The Kier molecular flexibility index (Phi) is 4.79. The van der Waals surface area contributed by atoms with Crippen LogP contribution in [0.3, 0.4) is 0 Å². The smallest absolute Gasteiger partial charge is 0.0914 e. The van der Waals surface area contributed by atoms with Gasteiger partial charge in [-0.3, -0.25) is 0 Å². The first kappa shape index (κ1) is 15.8. The van der Waals surface area contributed by atoms with Crippen LogP contribution in [0, 0.1) is 6.92 Å². The molecule has 1 heterocycles. The van der Waals surface area contributed by atoms with E-state index in [1.807, 2.05) is 6.07 Å². The van der Waals surface area contributed by atoms with E-state index in [0.29, 0.717) is 6.61 Å². The normalized spacial score (nSPS) is 14.0. The van der Waals surface area contributed by atoms with E-state index in [4.69, 9.17) is 9.47 Å². The van der Waals surface area contributed by atoms with Gasteiger partial charge in [0.15, 0.2) is 0 Å². The molecule has 2 atom stereocenters. The second-order valence-electron chi connectivity index (χ2n) is 5.83. The van der Waals surface area contributed by atoms with E-state index in [9.17, 15) is 0 Å². The highest BCUT2D eigenvalue weighted by molar-refractivity contribution is 5.85. The molecule has 0 unspecified atom stereocenters.